The zero-order valence-corrected chi connectivity index (χ0v) is 21.2. The van der Waals surface area contributed by atoms with E-state index in [1.165, 1.54) is 11.8 Å². The molecule has 0 radical (unpaired) electrons. The van der Waals surface area contributed by atoms with Gasteiger partial charge in [-0.2, -0.15) is 0 Å². The Morgan fingerprint density at radius 3 is 2.40 bits per heavy atom. The average Bonchev–Trinajstić information content (AvgIpc) is 3.50. The van der Waals surface area contributed by atoms with Gasteiger partial charge in [0.25, 0.3) is 0 Å². The number of thioether (sulfide) groups is 1. The van der Waals surface area contributed by atoms with Gasteiger partial charge in [-0.25, -0.2) is 0 Å². The molecule has 1 amide bonds. The van der Waals surface area contributed by atoms with E-state index in [2.05, 4.69) is 45.6 Å². The lowest BCUT2D eigenvalue weighted by molar-refractivity contribution is -0.113. The molecule has 0 atom stereocenters. The smallest absolute Gasteiger partial charge is 0.322 e. The van der Waals surface area contributed by atoms with Crippen molar-refractivity contribution in [1.82, 2.24) is 25.0 Å². The molecule has 0 saturated carbocycles. The van der Waals surface area contributed by atoms with Gasteiger partial charge in [-0.05, 0) is 41.8 Å². The van der Waals surface area contributed by atoms with Crippen LogP contribution in [0.5, 0.6) is 5.75 Å². The fraction of sp³-hybridized carbons (Fsp3) is 0.320. The van der Waals surface area contributed by atoms with Crippen LogP contribution >= 0.6 is 11.8 Å². The Bertz CT molecular complexity index is 1300. The summed E-state index contributed by atoms with van der Waals surface area (Å²) in [7, 11) is 1.63. The maximum atomic E-state index is 12.6. The number of hydrogen-bond donors (Lipinski definition) is 1. The highest BCUT2D eigenvalue weighted by molar-refractivity contribution is 7.99. The van der Waals surface area contributed by atoms with Gasteiger partial charge in [0, 0.05) is 11.5 Å². The van der Waals surface area contributed by atoms with Gasteiger partial charge in [0.15, 0.2) is 11.0 Å². The molecule has 0 spiro atoms. The molecular weight excluding hydrogens is 464 g/mol. The number of nitrogens with one attached hydrogen (secondary N) is 1. The molecule has 2 heterocycles. The van der Waals surface area contributed by atoms with Gasteiger partial charge in [-0.3, -0.25) is 14.7 Å². The number of aromatic nitrogens is 5. The number of anilines is 1. The van der Waals surface area contributed by atoms with Gasteiger partial charge in [0.2, 0.25) is 11.8 Å². The van der Waals surface area contributed by atoms with E-state index in [1.54, 1.807) is 7.11 Å². The maximum Gasteiger partial charge on any atom is 0.322 e. The van der Waals surface area contributed by atoms with Crippen LogP contribution in [0.25, 0.3) is 17.1 Å². The van der Waals surface area contributed by atoms with Crippen molar-refractivity contribution in [2.24, 2.45) is 0 Å². The zero-order valence-electron chi connectivity index (χ0n) is 20.3. The minimum atomic E-state index is -0.272. The van der Waals surface area contributed by atoms with Crippen molar-refractivity contribution in [2.45, 2.75) is 44.7 Å². The molecule has 0 saturated heterocycles. The van der Waals surface area contributed by atoms with E-state index >= 15 is 0 Å². The van der Waals surface area contributed by atoms with Crippen molar-refractivity contribution in [1.29, 1.82) is 0 Å². The SMILES string of the molecule is COc1ccc(-c2nnc(SCC(=O)Nc3nnc(C(C)C)o3)n2-c2ccccc2C(C)C)cc1. The van der Waals surface area contributed by atoms with Crippen molar-refractivity contribution in [2.75, 3.05) is 18.2 Å². The molecule has 182 valence electrons. The van der Waals surface area contributed by atoms with E-state index in [0.717, 1.165) is 22.6 Å². The molecule has 10 heteroatoms. The number of benzene rings is 2. The molecule has 4 rings (SSSR count). The Labute approximate surface area is 208 Å². The van der Waals surface area contributed by atoms with Gasteiger partial charge in [0.05, 0.1) is 18.6 Å². The second kappa shape index (κ2) is 10.7. The third-order valence-corrected chi connectivity index (χ3v) is 6.22. The van der Waals surface area contributed by atoms with Crippen LogP contribution in [0.1, 0.15) is 51.0 Å². The summed E-state index contributed by atoms with van der Waals surface area (Å²) in [5.41, 5.74) is 3.01. The Morgan fingerprint density at radius 2 is 1.74 bits per heavy atom. The van der Waals surface area contributed by atoms with E-state index < -0.39 is 0 Å². The lowest BCUT2D eigenvalue weighted by atomic mass is 10.0. The third kappa shape index (κ3) is 5.54. The summed E-state index contributed by atoms with van der Waals surface area (Å²) in [4.78, 5) is 12.6. The number of carbonyl (C=O) groups excluding carboxylic acids is 1. The predicted octanol–water partition coefficient (Wildman–Crippen LogP) is 5.30. The number of amides is 1. The van der Waals surface area contributed by atoms with Crippen LogP contribution in [-0.4, -0.2) is 43.7 Å². The van der Waals surface area contributed by atoms with Crippen LogP contribution in [0.3, 0.4) is 0 Å². The fourth-order valence-electron chi connectivity index (χ4n) is 3.49. The van der Waals surface area contributed by atoms with Crippen LogP contribution in [0.2, 0.25) is 0 Å². The molecule has 1 N–H and O–H groups in total. The summed E-state index contributed by atoms with van der Waals surface area (Å²) in [6.45, 7) is 8.17. The first-order valence-corrected chi connectivity index (χ1v) is 12.3. The van der Waals surface area contributed by atoms with E-state index in [-0.39, 0.29) is 29.5 Å². The molecule has 0 bridgehead atoms. The molecule has 4 aromatic rings. The van der Waals surface area contributed by atoms with Gasteiger partial charge in [-0.1, -0.05) is 62.8 Å². The summed E-state index contributed by atoms with van der Waals surface area (Å²) in [5.74, 6) is 2.11. The van der Waals surface area contributed by atoms with Crippen molar-refractivity contribution in [3.63, 3.8) is 0 Å². The summed E-state index contributed by atoms with van der Waals surface area (Å²) >= 11 is 1.29. The van der Waals surface area contributed by atoms with Gasteiger partial charge in [-0.15, -0.1) is 15.3 Å². The van der Waals surface area contributed by atoms with Crippen molar-refractivity contribution < 1.29 is 13.9 Å². The molecule has 0 aliphatic heterocycles. The van der Waals surface area contributed by atoms with Crippen LogP contribution in [0, 0.1) is 0 Å². The number of hydrogen-bond acceptors (Lipinski definition) is 8. The largest absolute Gasteiger partial charge is 0.497 e. The highest BCUT2D eigenvalue weighted by Crippen LogP contribution is 2.32. The summed E-state index contributed by atoms with van der Waals surface area (Å²) < 4.78 is 12.8. The Kier molecular flexibility index (Phi) is 7.50. The molecule has 0 aliphatic rings. The molecule has 2 aromatic heterocycles. The second-order valence-electron chi connectivity index (χ2n) is 8.52. The van der Waals surface area contributed by atoms with Crippen molar-refractivity contribution >= 4 is 23.7 Å². The lowest BCUT2D eigenvalue weighted by Gasteiger charge is -2.17. The highest BCUT2D eigenvalue weighted by Gasteiger charge is 2.21. The maximum absolute atomic E-state index is 12.6. The number of carbonyl (C=O) groups is 1. The molecule has 0 fully saturated rings. The molecule has 9 nitrogen and oxygen atoms in total. The number of nitrogens with zero attached hydrogens (tertiary/aromatic N) is 5. The standard InChI is InChI=1S/C25H28N6O3S/c1-15(2)19-8-6-7-9-20(19)31-22(17-10-12-18(33-5)13-11-17)27-30-25(31)35-14-21(32)26-24-29-28-23(34-24)16(3)4/h6-13,15-16H,14H2,1-5H3,(H,26,29,32). The number of rotatable bonds is 9. The summed E-state index contributed by atoms with van der Waals surface area (Å²) in [6.07, 6.45) is 0. The Balaban J connectivity index is 1.64. The second-order valence-corrected chi connectivity index (χ2v) is 9.46. The minimum absolute atomic E-state index is 0.0819. The van der Waals surface area contributed by atoms with Crippen molar-refractivity contribution in [3.05, 3.63) is 60.0 Å². The van der Waals surface area contributed by atoms with E-state index in [1.807, 2.05) is 60.9 Å². The van der Waals surface area contributed by atoms with Crippen molar-refractivity contribution in [3.8, 4) is 22.8 Å². The topological polar surface area (TPSA) is 108 Å². The van der Waals surface area contributed by atoms with Gasteiger partial charge in [0.1, 0.15) is 5.75 Å². The average molecular weight is 493 g/mol. The number of para-hydroxylation sites is 1. The van der Waals surface area contributed by atoms with Gasteiger partial charge < -0.3 is 9.15 Å². The number of methoxy groups -OCH3 is 1. The quantitative estimate of drug-likeness (QED) is 0.314. The van der Waals surface area contributed by atoms with Crippen LogP contribution < -0.4 is 10.1 Å². The van der Waals surface area contributed by atoms with E-state index in [0.29, 0.717) is 16.9 Å². The molecular formula is C25H28N6O3S. The van der Waals surface area contributed by atoms with Crippen LogP contribution in [0.15, 0.2) is 58.1 Å². The minimum Gasteiger partial charge on any atom is -0.497 e. The molecule has 2 aromatic carbocycles. The number of ether oxygens (including phenoxy) is 1. The lowest BCUT2D eigenvalue weighted by Crippen LogP contribution is -2.15. The first kappa shape index (κ1) is 24.5. The summed E-state index contributed by atoms with van der Waals surface area (Å²) in [6, 6.07) is 15.9. The summed E-state index contributed by atoms with van der Waals surface area (Å²) in [5, 5.41) is 20.0. The first-order chi connectivity index (χ1) is 16.9. The van der Waals surface area contributed by atoms with E-state index in [4.69, 9.17) is 9.15 Å². The predicted molar refractivity (Wildman–Crippen MR) is 135 cm³/mol. The van der Waals surface area contributed by atoms with Crippen LogP contribution in [-0.2, 0) is 4.79 Å². The molecule has 0 aliphatic carbocycles. The normalized spacial score (nSPS) is 11.3. The monoisotopic (exact) mass is 492 g/mol. The zero-order chi connectivity index (χ0) is 24.9. The Hall–Kier alpha value is -3.66. The molecule has 35 heavy (non-hydrogen) atoms. The molecule has 0 unspecified atom stereocenters. The van der Waals surface area contributed by atoms with Crippen LogP contribution in [0.4, 0.5) is 6.01 Å². The van der Waals surface area contributed by atoms with Gasteiger partial charge >= 0.3 is 6.01 Å². The van der Waals surface area contributed by atoms with E-state index in [9.17, 15) is 4.79 Å². The third-order valence-electron chi connectivity index (χ3n) is 5.29. The fourth-order valence-corrected chi connectivity index (χ4v) is 4.24. The first-order valence-electron chi connectivity index (χ1n) is 11.3. The highest BCUT2D eigenvalue weighted by atomic mass is 32.2. The Morgan fingerprint density at radius 1 is 1.00 bits per heavy atom.